The minimum Gasteiger partial charge on any atom is -0.444 e. The number of hydrazine groups is 1. The number of hydroxylamine groups is 2. The van der Waals surface area contributed by atoms with Crippen LogP contribution in [0.25, 0.3) is 0 Å². The largest absolute Gasteiger partial charge is 0.444 e. The van der Waals surface area contributed by atoms with Gasteiger partial charge in [0.2, 0.25) is 6.41 Å². The molecule has 3 fully saturated rings. The monoisotopic (exact) mass is 519 g/mol. The number of ether oxygens (including phenoxy) is 1. The van der Waals surface area contributed by atoms with Crippen molar-refractivity contribution in [3.05, 3.63) is 35.9 Å². The number of piperidine rings is 1. The van der Waals surface area contributed by atoms with Crippen LogP contribution in [0.5, 0.6) is 0 Å². The fourth-order valence-corrected chi connectivity index (χ4v) is 4.21. The quantitative estimate of drug-likeness (QED) is 0.420. The molecule has 3 saturated heterocycles. The first-order valence-electron chi connectivity index (χ1n) is 12.7. The second-order valence-electron chi connectivity index (χ2n) is 10.1. The standard InChI is InChI=1S/C13H16N2O2.C11H19NO3.C2H6N2O/c16-13-14-8-4-7-12(9-14)15(13)17-10-11-5-2-1-3-6-11;1-11(2,3)15-10(14)12-6-4-9(8-12)5-7-13;1-3-4-2-5/h1-3,5-6,12H,4,7-10H2;7,9H,4-6,8H2,1-3H3;2-3H,1H3,(H,4,5). The van der Waals surface area contributed by atoms with Crippen LogP contribution in [0.2, 0.25) is 0 Å². The molecule has 2 unspecified atom stereocenters. The van der Waals surface area contributed by atoms with Gasteiger partial charge in [-0.1, -0.05) is 30.3 Å². The van der Waals surface area contributed by atoms with Crippen LogP contribution in [0.1, 0.15) is 52.0 Å². The van der Waals surface area contributed by atoms with E-state index < -0.39 is 5.60 Å². The average molecular weight is 520 g/mol. The van der Waals surface area contributed by atoms with E-state index in [1.54, 1.807) is 17.0 Å². The zero-order valence-corrected chi connectivity index (χ0v) is 22.4. The molecule has 4 rings (SSSR count). The van der Waals surface area contributed by atoms with E-state index in [0.717, 1.165) is 44.2 Å². The summed E-state index contributed by atoms with van der Waals surface area (Å²) in [7, 11) is 1.62. The first kappa shape index (κ1) is 30.0. The molecule has 206 valence electrons. The Labute approximate surface area is 219 Å². The van der Waals surface area contributed by atoms with Crippen LogP contribution < -0.4 is 10.9 Å². The van der Waals surface area contributed by atoms with Gasteiger partial charge in [0, 0.05) is 39.6 Å². The Morgan fingerprint density at radius 3 is 2.41 bits per heavy atom. The van der Waals surface area contributed by atoms with E-state index in [9.17, 15) is 19.2 Å². The highest BCUT2D eigenvalue weighted by Crippen LogP contribution is 2.26. The number of benzene rings is 1. The Kier molecular flexibility index (Phi) is 12.3. The molecule has 3 aliphatic rings. The molecular weight excluding hydrogens is 478 g/mol. The Morgan fingerprint density at radius 2 is 1.84 bits per heavy atom. The van der Waals surface area contributed by atoms with E-state index in [0.29, 0.717) is 38.4 Å². The minimum absolute atomic E-state index is 0.0310. The summed E-state index contributed by atoms with van der Waals surface area (Å²) >= 11 is 0. The van der Waals surface area contributed by atoms with Gasteiger partial charge in [0.1, 0.15) is 18.5 Å². The summed E-state index contributed by atoms with van der Waals surface area (Å²) in [6, 6.07) is 10.2. The van der Waals surface area contributed by atoms with Gasteiger partial charge in [-0.25, -0.2) is 15.0 Å². The number of fused-ring (bicyclic) bond motifs is 2. The van der Waals surface area contributed by atoms with E-state index in [1.165, 1.54) is 0 Å². The molecule has 11 nitrogen and oxygen atoms in total. The van der Waals surface area contributed by atoms with Crippen molar-refractivity contribution in [2.75, 3.05) is 33.2 Å². The predicted molar refractivity (Wildman–Crippen MR) is 138 cm³/mol. The molecule has 11 heteroatoms. The Bertz CT molecular complexity index is 863. The fourth-order valence-electron chi connectivity index (χ4n) is 4.21. The number of carbonyl (C=O) groups is 4. The van der Waals surface area contributed by atoms with Crippen molar-refractivity contribution in [2.24, 2.45) is 5.92 Å². The lowest BCUT2D eigenvalue weighted by atomic mass is 10.1. The van der Waals surface area contributed by atoms with Gasteiger partial charge in [0.15, 0.2) is 0 Å². The molecule has 0 spiro atoms. The van der Waals surface area contributed by atoms with Gasteiger partial charge < -0.3 is 19.3 Å². The zero-order chi connectivity index (χ0) is 27.3. The summed E-state index contributed by atoms with van der Waals surface area (Å²) in [5.41, 5.74) is 5.23. The second kappa shape index (κ2) is 15.2. The topological polar surface area (TPSA) is 121 Å². The fraction of sp³-hybridized carbons (Fsp3) is 0.615. The number of hydrogen-bond acceptors (Lipinski definition) is 7. The highest BCUT2D eigenvalue weighted by Gasteiger charge is 2.40. The minimum atomic E-state index is -0.445. The maximum atomic E-state index is 11.9. The Morgan fingerprint density at radius 1 is 1.11 bits per heavy atom. The van der Waals surface area contributed by atoms with E-state index in [1.807, 2.05) is 56.0 Å². The zero-order valence-electron chi connectivity index (χ0n) is 22.4. The molecule has 2 N–H and O–H groups in total. The third-order valence-electron chi connectivity index (χ3n) is 5.97. The molecule has 4 amide bonds. The summed E-state index contributed by atoms with van der Waals surface area (Å²) < 4.78 is 5.25. The smallest absolute Gasteiger partial charge is 0.410 e. The summed E-state index contributed by atoms with van der Waals surface area (Å²) in [5.74, 6) is 0.315. The van der Waals surface area contributed by atoms with Crippen LogP contribution in [-0.4, -0.2) is 84.6 Å². The van der Waals surface area contributed by atoms with Gasteiger partial charge in [-0.2, -0.15) is 5.06 Å². The molecule has 37 heavy (non-hydrogen) atoms. The number of carbonyl (C=O) groups excluding carboxylic acids is 4. The first-order chi connectivity index (χ1) is 17.7. The van der Waals surface area contributed by atoms with Crippen molar-refractivity contribution in [2.45, 2.75) is 64.7 Å². The van der Waals surface area contributed by atoms with E-state index >= 15 is 0 Å². The number of nitrogens with zero attached hydrogens (tertiary/aromatic N) is 3. The molecule has 0 radical (unpaired) electrons. The lowest BCUT2D eigenvalue weighted by Crippen LogP contribution is -2.35. The average Bonchev–Trinajstić information content (AvgIpc) is 3.42. The van der Waals surface area contributed by atoms with Crippen LogP contribution >= 0.6 is 0 Å². The summed E-state index contributed by atoms with van der Waals surface area (Å²) in [6.07, 6.45) is 4.80. The Balaban J connectivity index is 0.000000223. The highest BCUT2D eigenvalue weighted by molar-refractivity contribution is 5.76. The first-order valence-corrected chi connectivity index (χ1v) is 12.7. The third-order valence-corrected chi connectivity index (χ3v) is 5.97. The molecule has 1 aromatic carbocycles. The SMILES string of the molecule is CC(C)(C)OC(=O)N1CCC(CC=O)C1.CNNC=O.O=C1N2CCCC(C2)N1OCc1ccccc1. The summed E-state index contributed by atoms with van der Waals surface area (Å²) in [6.45, 7) is 9.07. The van der Waals surface area contributed by atoms with Gasteiger partial charge >= 0.3 is 12.1 Å². The molecule has 2 atom stereocenters. The molecule has 0 aromatic heterocycles. The van der Waals surface area contributed by atoms with E-state index in [4.69, 9.17) is 9.57 Å². The predicted octanol–water partition coefficient (Wildman–Crippen LogP) is 2.72. The van der Waals surface area contributed by atoms with Gasteiger partial charge in [0.25, 0.3) is 0 Å². The number of urea groups is 1. The lowest BCUT2D eigenvalue weighted by Gasteiger charge is -2.24. The number of likely N-dealkylation sites (tertiary alicyclic amines) is 1. The van der Waals surface area contributed by atoms with Crippen LogP contribution in [0.3, 0.4) is 0 Å². The highest BCUT2D eigenvalue weighted by atomic mass is 16.7. The maximum absolute atomic E-state index is 11.9. The van der Waals surface area contributed by atoms with Gasteiger partial charge in [-0.3, -0.25) is 15.1 Å². The maximum Gasteiger partial charge on any atom is 0.410 e. The normalized spacial score (nSPS) is 20.3. The lowest BCUT2D eigenvalue weighted by molar-refractivity contribution is -0.140. The van der Waals surface area contributed by atoms with Crippen LogP contribution in [0, 0.1) is 5.92 Å². The van der Waals surface area contributed by atoms with Crippen LogP contribution in [0.15, 0.2) is 30.3 Å². The molecule has 3 aliphatic heterocycles. The number of amides is 4. The number of nitrogens with one attached hydrogen (secondary N) is 2. The second-order valence-corrected chi connectivity index (χ2v) is 10.1. The van der Waals surface area contributed by atoms with Crippen molar-refractivity contribution in [3.63, 3.8) is 0 Å². The van der Waals surface area contributed by atoms with Crippen LogP contribution in [0.4, 0.5) is 9.59 Å². The molecule has 1 aromatic rings. The number of hydrogen-bond donors (Lipinski definition) is 2. The van der Waals surface area contributed by atoms with Crippen molar-refractivity contribution < 1.29 is 28.8 Å². The van der Waals surface area contributed by atoms with Crippen molar-refractivity contribution >= 4 is 24.8 Å². The Hall–Kier alpha value is -3.18. The summed E-state index contributed by atoms with van der Waals surface area (Å²) in [5, 5.41) is 1.57. The van der Waals surface area contributed by atoms with E-state index in [2.05, 4.69) is 10.9 Å². The van der Waals surface area contributed by atoms with Gasteiger partial charge in [-0.15, -0.1) is 0 Å². The van der Waals surface area contributed by atoms with Crippen molar-refractivity contribution in [1.82, 2.24) is 25.7 Å². The third kappa shape index (κ3) is 10.4. The molecule has 0 aliphatic carbocycles. The van der Waals surface area contributed by atoms with Crippen molar-refractivity contribution in [1.29, 1.82) is 0 Å². The summed E-state index contributed by atoms with van der Waals surface area (Å²) in [4.78, 5) is 52.3. The number of rotatable bonds is 7. The molecule has 0 saturated carbocycles. The molecular formula is C26H41N5O6. The van der Waals surface area contributed by atoms with Gasteiger partial charge in [0.05, 0.1) is 6.04 Å². The van der Waals surface area contributed by atoms with Gasteiger partial charge in [-0.05, 0) is 51.5 Å². The molecule has 3 heterocycles. The van der Waals surface area contributed by atoms with E-state index in [-0.39, 0.29) is 18.2 Å². The molecule has 2 bridgehead atoms. The number of aldehydes is 1. The van der Waals surface area contributed by atoms with Crippen LogP contribution in [-0.2, 0) is 25.8 Å². The van der Waals surface area contributed by atoms with Crippen molar-refractivity contribution in [3.8, 4) is 0 Å².